The number of aromatic nitrogens is 2. The number of benzene rings is 2. The zero-order chi connectivity index (χ0) is 25.3. The van der Waals surface area contributed by atoms with Gasteiger partial charge in [-0.2, -0.15) is 0 Å². The highest BCUT2D eigenvalue weighted by atomic mass is 19.1. The molecule has 0 aliphatic heterocycles. The number of carbonyl (C=O) groups excluding carboxylic acids is 1. The van der Waals surface area contributed by atoms with E-state index in [0.29, 0.717) is 12.3 Å². The molecule has 1 heterocycles. The van der Waals surface area contributed by atoms with Crippen LogP contribution in [0.4, 0.5) is 10.2 Å². The minimum Gasteiger partial charge on any atom is -0.493 e. The van der Waals surface area contributed by atoms with Crippen molar-refractivity contribution in [3.63, 3.8) is 0 Å². The van der Waals surface area contributed by atoms with Gasteiger partial charge in [-0.05, 0) is 57.2 Å². The van der Waals surface area contributed by atoms with E-state index in [-0.39, 0.29) is 28.9 Å². The summed E-state index contributed by atoms with van der Waals surface area (Å²) in [4.78, 5) is 30.4. The normalized spacial score (nSPS) is 15.9. The molecule has 2 aromatic carbocycles. The number of halogens is 1. The Hall–Kier alpha value is -3.68. The van der Waals surface area contributed by atoms with Crippen LogP contribution in [0, 0.1) is 12.7 Å². The number of anilines is 1. The fourth-order valence-electron chi connectivity index (χ4n) is 4.36. The molecule has 2 fully saturated rings. The summed E-state index contributed by atoms with van der Waals surface area (Å²) in [7, 11) is 0. The van der Waals surface area contributed by atoms with Crippen LogP contribution in [0.2, 0.25) is 0 Å². The van der Waals surface area contributed by atoms with Gasteiger partial charge in [0.1, 0.15) is 11.6 Å². The van der Waals surface area contributed by atoms with Crippen LogP contribution in [0.5, 0.6) is 5.75 Å². The first-order valence-corrected chi connectivity index (χ1v) is 12.6. The maximum absolute atomic E-state index is 14.8. The quantitative estimate of drug-likeness (QED) is 0.397. The van der Waals surface area contributed by atoms with Crippen molar-refractivity contribution in [1.29, 1.82) is 0 Å². The van der Waals surface area contributed by atoms with Crippen molar-refractivity contribution >= 4 is 11.7 Å². The number of ether oxygens (including phenoxy) is 1. The molecule has 36 heavy (non-hydrogen) atoms. The molecular weight excluding hydrogens is 459 g/mol. The van der Waals surface area contributed by atoms with Crippen molar-refractivity contribution in [1.82, 2.24) is 14.9 Å². The Bertz CT molecular complexity index is 1340. The molecular formula is C28H31FN4O3. The molecule has 7 nitrogen and oxygen atoms in total. The Kier molecular flexibility index (Phi) is 6.51. The summed E-state index contributed by atoms with van der Waals surface area (Å²) in [5.41, 5.74) is 0.942. The van der Waals surface area contributed by atoms with E-state index in [0.717, 1.165) is 49.8 Å². The number of nitrogens with one attached hydrogen (secondary N) is 2. The zero-order valence-electron chi connectivity index (χ0n) is 20.6. The third kappa shape index (κ3) is 4.85. The van der Waals surface area contributed by atoms with Gasteiger partial charge < -0.3 is 15.4 Å². The van der Waals surface area contributed by atoms with Crippen LogP contribution in [-0.2, 0) is 5.54 Å². The first kappa shape index (κ1) is 24.0. The molecule has 8 heteroatoms. The third-order valence-corrected chi connectivity index (χ3v) is 6.86. The van der Waals surface area contributed by atoms with Crippen LogP contribution >= 0.6 is 0 Å². The van der Waals surface area contributed by atoms with E-state index in [9.17, 15) is 14.0 Å². The van der Waals surface area contributed by atoms with Crippen molar-refractivity contribution < 1.29 is 13.9 Å². The molecule has 0 bridgehead atoms. The number of hydrogen-bond acceptors (Lipinski definition) is 5. The van der Waals surface area contributed by atoms with Crippen molar-refractivity contribution in [2.45, 2.75) is 64.0 Å². The Morgan fingerprint density at radius 3 is 2.75 bits per heavy atom. The lowest BCUT2D eigenvalue weighted by Gasteiger charge is -2.22. The summed E-state index contributed by atoms with van der Waals surface area (Å²) < 4.78 is 22.2. The maximum Gasteiger partial charge on any atom is 0.297 e. The average molecular weight is 491 g/mol. The van der Waals surface area contributed by atoms with Gasteiger partial charge in [0.15, 0.2) is 5.82 Å². The van der Waals surface area contributed by atoms with Crippen LogP contribution < -0.4 is 20.9 Å². The molecule has 188 valence electrons. The Labute approximate surface area is 209 Å². The second-order valence-corrected chi connectivity index (χ2v) is 9.71. The molecule has 0 saturated heterocycles. The van der Waals surface area contributed by atoms with Crippen molar-refractivity contribution in [3.8, 4) is 11.4 Å². The highest BCUT2D eigenvalue weighted by molar-refractivity contribution is 5.95. The lowest BCUT2D eigenvalue weighted by atomic mass is 10.0. The van der Waals surface area contributed by atoms with Gasteiger partial charge in [-0.1, -0.05) is 31.5 Å². The Balaban J connectivity index is 1.46. The summed E-state index contributed by atoms with van der Waals surface area (Å²) in [5, 5.41) is 6.24. The summed E-state index contributed by atoms with van der Waals surface area (Å²) in [5.74, 6) is 0.101. The predicted molar refractivity (Wildman–Crippen MR) is 136 cm³/mol. The van der Waals surface area contributed by atoms with Gasteiger partial charge in [0.25, 0.3) is 11.5 Å². The molecule has 2 aliphatic rings. The minimum absolute atomic E-state index is 0.147. The molecule has 1 aromatic heterocycles. The highest BCUT2D eigenvalue weighted by Crippen LogP contribution is 2.50. The van der Waals surface area contributed by atoms with E-state index in [4.69, 9.17) is 4.74 Å². The highest BCUT2D eigenvalue weighted by Gasteiger charge is 2.47. The first-order chi connectivity index (χ1) is 17.4. The largest absolute Gasteiger partial charge is 0.493 e. The van der Waals surface area contributed by atoms with Crippen LogP contribution in [0.1, 0.15) is 66.9 Å². The molecule has 2 aliphatic carbocycles. The van der Waals surface area contributed by atoms with E-state index < -0.39 is 16.9 Å². The summed E-state index contributed by atoms with van der Waals surface area (Å²) in [6, 6.07) is 10.8. The van der Waals surface area contributed by atoms with E-state index in [2.05, 4.69) is 22.5 Å². The number of unbranched alkanes of at least 4 members (excludes halogenated alkanes) is 1. The number of carbonyl (C=O) groups is 1. The topological polar surface area (TPSA) is 85.2 Å². The standard InChI is InChI=1S/C28H31FN4O3/c1-3-4-15-36-24-8-6-5-7-21(24)28(11-12-28)32-25-27(35)33(14-13-30-25)23-17-19(16-22(29)18(23)2)26(34)31-20-9-10-20/h5-8,13-14,16-17,20H,3-4,9-12,15H2,1-2H3,(H,30,32)(H,31,34). The van der Waals surface area contributed by atoms with Gasteiger partial charge in [0.2, 0.25) is 0 Å². The number of amides is 1. The van der Waals surface area contributed by atoms with Crippen LogP contribution in [-0.4, -0.2) is 28.1 Å². The fourth-order valence-corrected chi connectivity index (χ4v) is 4.36. The lowest BCUT2D eigenvalue weighted by molar-refractivity contribution is 0.0950. The SMILES string of the molecule is CCCCOc1ccccc1C1(Nc2nccn(-c3cc(C(=O)NC4CC4)cc(F)c3C)c2=O)CC1. The second-order valence-electron chi connectivity index (χ2n) is 9.71. The van der Waals surface area contributed by atoms with Gasteiger partial charge in [0.05, 0.1) is 17.8 Å². The van der Waals surface area contributed by atoms with E-state index in [1.165, 1.54) is 23.0 Å². The summed E-state index contributed by atoms with van der Waals surface area (Å²) >= 11 is 0. The van der Waals surface area contributed by atoms with Gasteiger partial charge in [-0.25, -0.2) is 9.37 Å². The maximum atomic E-state index is 14.8. The van der Waals surface area contributed by atoms with Gasteiger partial charge >= 0.3 is 0 Å². The monoisotopic (exact) mass is 490 g/mol. The summed E-state index contributed by atoms with van der Waals surface area (Å²) in [6.45, 7) is 4.35. The molecule has 3 aromatic rings. The third-order valence-electron chi connectivity index (χ3n) is 6.86. The van der Waals surface area contributed by atoms with Crippen molar-refractivity contribution in [3.05, 3.63) is 81.7 Å². The number of rotatable bonds is 10. The Morgan fingerprint density at radius 1 is 1.25 bits per heavy atom. The second kappa shape index (κ2) is 9.76. The fraction of sp³-hybridized carbons (Fsp3) is 0.393. The minimum atomic E-state index is -0.538. The molecule has 1 amide bonds. The zero-order valence-corrected chi connectivity index (χ0v) is 20.6. The van der Waals surface area contributed by atoms with Crippen molar-refractivity contribution in [2.24, 2.45) is 0 Å². The predicted octanol–water partition coefficient (Wildman–Crippen LogP) is 4.85. The van der Waals surface area contributed by atoms with Crippen LogP contribution in [0.15, 0.2) is 53.6 Å². The van der Waals surface area contributed by atoms with Gasteiger partial charge in [-0.3, -0.25) is 14.2 Å². The first-order valence-electron chi connectivity index (χ1n) is 12.6. The van der Waals surface area contributed by atoms with E-state index in [1.807, 2.05) is 24.3 Å². The Morgan fingerprint density at radius 2 is 2.03 bits per heavy atom. The van der Waals surface area contributed by atoms with Gasteiger partial charge in [0, 0.05) is 35.1 Å². The van der Waals surface area contributed by atoms with E-state index >= 15 is 0 Å². The molecule has 0 atom stereocenters. The molecule has 0 radical (unpaired) electrons. The molecule has 2 N–H and O–H groups in total. The van der Waals surface area contributed by atoms with Crippen LogP contribution in [0.3, 0.4) is 0 Å². The molecule has 5 rings (SSSR count). The lowest BCUT2D eigenvalue weighted by Crippen LogP contribution is -2.30. The van der Waals surface area contributed by atoms with Gasteiger partial charge in [-0.15, -0.1) is 0 Å². The van der Waals surface area contributed by atoms with Crippen molar-refractivity contribution in [2.75, 3.05) is 11.9 Å². The molecule has 0 unspecified atom stereocenters. The smallest absolute Gasteiger partial charge is 0.297 e. The number of hydrogen-bond donors (Lipinski definition) is 2. The number of para-hydroxylation sites is 1. The molecule has 0 spiro atoms. The number of nitrogens with zero attached hydrogens (tertiary/aromatic N) is 2. The van der Waals surface area contributed by atoms with E-state index in [1.54, 1.807) is 13.0 Å². The summed E-state index contributed by atoms with van der Waals surface area (Å²) in [6.07, 6.45) is 8.55. The average Bonchev–Trinajstić information content (AvgIpc) is 3.81. The molecule has 2 saturated carbocycles. The van der Waals surface area contributed by atoms with Crippen LogP contribution in [0.25, 0.3) is 5.69 Å².